The largest absolute Gasteiger partial charge is 0.507 e. The van der Waals surface area contributed by atoms with Gasteiger partial charge in [-0.15, -0.1) is 0 Å². The van der Waals surface area contributed by atoms with E-state index in [2.05, 4.69) is 0 Å². The van der Waals surface area contributed by atoms with Gasteiger partial charge in [0.25, 0.3) is 11.7 Å². The molecule has 1 saturated heterocycles. The Morgan fingerprint density at radius 2 is 1.78 bits per heavy atom. The first kappa shape index (κ1) is 21.7. The van der Waals surface area contributed by atoms with E-state index in [-0.39, 0.29) is 16.4 Å². The monoisotopic (exact) mass is 451 g/mol. The molecule has 32 heavy (non-hydrogen) atoms. The number of aliphatic hydroxyl groups excluding tert-OH is 1. The number of Topliss-reactive ketones (excluding diaryl/α,β-unsaturated/α-hetero) is 1. The number of aliphatic hydroxyl groups is 1. The third kappa shape index (κ3) is 3.56. The lowest BCUT2D eigenvalue weighted by Gasteiger charge is -2.24. The zero-order valence-corrected chi connectivity index (χ0v) is 18.9. The van der Waals surface area contributed by atoms with Crippen molar-refractivity contribution in [1.82, 2.24) is 0 Å². The maximum Gasteiger partial charge on any atom is 0.300 e. The van der Waals surface area contributed by atoms with E-state index in [1.807, 2.05) is 26.0 Å². The summed E-state index contributed by atoms with van der Waals surface area (Å²) >= 11 is 6.22. The number of amides is 1. The van der Waals surface area contributed by atoms with E-state index in [1.165, 1.54) is 18.1 Å². The minimum atomic E-state index is -0.924. The third-order valence-electron chi connectivity index (χ3n) is 5.67. The first-order valence-electron chi connectivity index (χ1n) is 10.0. The summed E-state index contributed by atoms with van der Waals surface area (Å²) in [5.74, 6) is -0.449. The highest BCUT2D eigenvalue weighted by Crippen LogP contribution is 2.43. The van der Waals surface area contributed by atoms with Gasteiger partial charge in [0.15, 0.2) is 0 Å². The van der Waals surface area contributed by atoms with Crippen LogP contribution in [0.1, 0.15) is 34.3 Å². The molecule has 1 unspecified atom stereocenters. The van der Waals surface area contributed by atoms with Crippen LogP contribution in [0.2, 0.25) is 5.02 Å². The minimum Gasteiger partial charge on any atom is -0.507 e. The Balaban J connectivity index is 1.93. The fraction of sp³-hybridized carbons (Fsp3) is 0.200. The third-order valence-corrected chi connectivity index (χ3v) is 5.96. The van der Waals surface area contributed by atoms with Gasteiger partial charge in [-0.05, 0) is 74.4 Å². The number of ketones is 1. The maximum absolute atomic E-state index is 13.1. The zero-order chi connectivity index (χ0) is 23.2. The molecule has 2 heterocycles. The SMILES string of the molecule is COc1ccc(/C(O)=C2/C(=O)C(=O)N(c3ccc(C)c(C)c3)C2c2ccc(C)o2)cc1Cl. The minimum absolute atomic E-state index is 0.0659. The Morgan fingerprint density at radius 1 is 1.03 bits per heavy atom. The van der Waals surface area contributed by atoms with E-state index in [1.54, 1.807) is 37.3 Å². The van der Waals surface area contributed by atoms with Crippen LogP contribution in [0.15, 0.2) is 58.5 Å². The van der Waals surface area contributed by atoms with Crippen molar-refractivity contribution in [2.24, 2.45) is 0 Å². The molecular formula is C25H22ClNO5. The van der Waals surface area contributed by atoms with Gasteiger partial charge >= 0.3 is 0 Å². The van der Waals surface area contributed by atoms with Gasteiger partial charge in [0, 0.05) is 11.3 Å². The number of carbonyl (C=O) groups is 2. The molecule has 7 heteroatoms. The van der Waals surface area contributed by atoms with Gasteiger partial charge < -0.3 is 14.3 Å². The van der Waals surface area contributed by atoms with Crippen molar-refractivity contribution < 1.29 is 23.8 Å². The van der Waals surface area contributed by atoms with Crippen LogP contribution < -0.4 is 9.64 Å². The number of ether oxygens (including phenoxy) is 1. The smallest absolute Gasteiger partial charge is 0.300 e. The van der Waals surface area contributed by atoms with Gasteiger partial charge in [-0.1, -0.05) is 17.7 Å². The van der Waals surface area contributed by atoms with Crippen LogP contribution in [0.5, 0.6) is 5.75 Å². The lowest BCUT2D eigenvalue weighted by atomic mass is 9.99. The van der Waals surface area contributed by atoms with Crippen LogP contribution in [0.4, 0.5) is 5.69 Å². The van der Waals surface area contributed by atoms with Crippen LogP contribution in [-0.2, 0) is 9.59 Å². The molecule has 1 fully saturated rings. The molecule has 1 amide bonds. The fourth-order valence-electron chi connectivity index (χ4n) is 3.81. The molecule has 6 nitrogen and oxygen atoms in total. The second-order valence-corrected chi connectivity index (χ2v) is 8.14. The molecule has 1 aliphatic rings. The first-order chi connectivity index (χ1) is 15.2. The fourth-order valence-corrected chi connectivity index (χ4v) is 4.07. The van der Waals surface area contributed by atoms with Crippen molar-refractivity contribution in [3.8, 4) is 5.75 Å². The van der Waals surface area contributed by atoms with Crippen molar-refractivity contribution in [2.75, 3.05) is 12.0 Å². The van der Waals surface area contributed by atoms with E-state index in [0.717, 1.165) is 11.1 Å². The summed E-state index contributed by atoms with van der Waals surface area (Å²) in [6, 6.07) is 12.7. The van der Waals surface area contributed by atoms with Gasteiger partial charge in [0.05, 0.1) is 17.7 Å². The number of carbonyl (C=O) groups excluding carboxylic acids is 2. The molecule has 1 N–H and O–H groups in total. The average molecular weight is 452 g/mol. The highest BCUT2D eigenvalue weighted by molar-refractivity contribution is 6.51. The number of halogens is 1. The highest BCUT2D eigenvalue weighted by Gasteiger charge is 2.48. The molecule has 0 aliphatic carbocycles. The Hall–Kier alpha value is -3.51. The van der Waals surface area contributed by atoms with Gasteiger partial charge in [-0.3, -0.25) is 14.5 Å². The zero-order valence-electron chi connectivity index (χ0n) is 18.1. The predicted octanol–water partition coefficient (Wildman–Crippen LogP) is 5.49. The number of aryl methyl sites for hydroxylation is 3. The van der Waals surface area contributed by atoms with Crippen LogP contribution in [0.3, 0.4) is 0 Å². The van der Waals surface area contributed by atoms with Crippen molar-refractivity contribution in [3.63, 3.8) is 0 Å². The number of methoxy groups -OCH3 is 1. The van der Waals surface area contributed by atoms with E-state index in [4.69, 9.17) is 20.8 Å². The number of hydrogen-bond acceptors (Lipinski definition) is 5. The summed E-state index contributed by atoms with van der Waals surface area (Å²) < 4.78 is 11.0. The standard InChI is InChI=1S/C25H22ClNO5/c1-13-5-8-17(11-14(13)2)27-22(20-9-6-15(3)32-20)21(24(29)25(27)30)23(28)16-7-10-19(31-4)18(26)12-16/h5-12,22,28H,1-4H3/b23-21-. The molecule has 0 saturated carbocycles. The summed E-state index contributed by atoms with van der Waals surface area (Å²) in [5, 5.41) is 11.4. The lowest BCUT2D eigenvalue weighted by molar-refractivity contribution is -0.132. The second-order valence-electron chi connectivity index (χ2n) is 7.74. The van der Waals surface area contributed by atoms with E-state index in [9.17, 15) is 14.7 Å². The molecule has 0 spiro atoms. The summed E-state index contributed by atoms with van der Waals surface area (Å²) in [6.07, 6.45) is 0. The van der Waals surface area contributed by atoms with Crippen LogP contribution in [0, 0.1) is 20.8 Å². The van der Waals surface area contributed by atoms with Gasteiger partial charge in [0.1, 0.15) is 29.1 Å². The van der Waals surface area contributed by atoms with Crippen molar-refractivity contribution in [1.29, 1.82) is 0 Å². The lowest BCUT2D eigenvalue weighted by Crippen LogP contribution is -2.29. The topological polar surface area (TPSA) is 80.0 Å². The Labute approximate surface area is 190 Å². The number of rotatable bonds is 4. The van der Waals surface area contributed by atoms with E-state index in [0.29, 0.717) is 28.5 Å². The molecular weight excluding hydrogens is 430 g/mol. The van der Waals surface area contributed by atoms with Gasteiger partial charge in [-0.25, -0.2) is 0 Å². The Kier molecular flexibility index (Phi) is 5.57. The first-order valence-corrected chi connectivity index (χ1v) is 10.4. The quantitative estimate of drug-likeness (QED) is 0.322. The Bertz CT molecular complexity index is 1270. The molecule has 2 aromatic carbocycles. The second kappa shape index (κ2) is 8.20. The normalized spacial score (nSPS) is 17.8. The molecule has 0 bridgehead atoms. The summed E-state index contributed by atoms with van der Waals surface area (Å²) in [4.78, 5) is 27.7. The number of furan rings is 1. The van der Waals surface area contributed by atoms with Crippen LogP contribution in [-0.4, -0.2) is 23.9 Å². The molecule has 1 aliphatic heterocycles. The maximum atomic E-state index is 13.1. The number of benzene rings is 2. The summed E-state index contributed by atoms with van der Waals surface area (Å²) in [5.41, 5.74) is 2.80. The molecule has 0 radical (unpaired) electrons. The summed E-state index contributed by atoms with van der Waals surface area (Å²) in [6.45, 7) is 5.67. The van der Waals surface area contributed by atoms with E-state index < -0.39 is 17.7 Å². The van der Waals surface area contributed by atoms with E-state index >= 15 is 0 Å². The number of anilines is 1. The molecule has 1 aromatic heterocycles. The predicted molar refractivity (Wildman–Crippen MR) is 122 cm³/mol. The number of hydrogen-bond donors (Lipinski definition) is 1. The highest BCUT2D eigenvalue weighted by atomic mass is 35.5. The molecule has 1 atom stereocenters. The van der Waals surface area contributed by atoms with Crippen molar-refractivity contribution >= 4 is 34.7 Å². The van der Waals surface area contributed by atoms with Gasteiger partial charge in [-0.2, -0.15) is 0 Å². The Morgan fingerprint density at radius 3 is 2.38 bits per heavy atom. The van der Waals surface area contributed by atoms with Crippen molar-refractivity contribution in [2.45, 2.75) is 26.8 Å². The van der Waals surface area contributed by atoms with Crippen LogP contribution >= 0.6 is 11.6 Å². The molecule has 4 rings (SSSR count). The van der Waals surface area contributed by atoms with Gasteiger partial charge in [0.2, 0.25) is 0 Å². The number of nitrogens with zero attached hydrogens (tertiary/aromatic N) is 1. The summed E-state index contributed by atoms with van der Waals surface area (Å²) in [7, 11) is 1.48. The van der Waals surface area contributed by atoms with Crippen LogP contribution in [0.25, 0.3) is 5.76 Å². The van der Waals surface area contributed by atoms with Crippen molar-refractivity contribution in [3.05, 3.63) is 87.3 Å². The average Bonchev–Trinajstić information content (AvgIpc) is 3.30. The molecule has 164 valence electrons. The molecule has 3 aromatic rings.